The predicted molar refractivity (Wildman–Crippen MR) is 114 cm³/mol. The molecule has 3 aromatic heterocycles. The van der Waals surface area contributed by atoms with Gasteiger partial charge in [0, 0.05) is 26.5 Å². The molecule has 1 amide bonds. The highest BCUT2D eigenvalue weighted by molar-refractivity contribution is 7.19. The van der Waals surface area contributed by atoms with Crippen LogP contribution in [-0.4, -0.2) is 15.8 Å². The second-order valence-corrected chi connectivity index (χ2v) is 8.01. The van der Waals surface area contributed by atoms with Crippen LogP contribution in [0.5, 0.6) is 0 Å². The normalized spacial score (nSPS) is 10.7. The average molecular weight is 420 g/mol. The van der Waals surface area contributed by atoms with Crippen molar-refractivity contribution < 1.29 is 4.79 Å². The molecule has 0 aliphatic heterocycles. The molecule has 0 bridgehead atoms. The van der Waals surface area contributed by atoms with Gasteiger partial charge in [-0.05, 0) is 55.1 Å². The standard InChI is InChI=1S/C10H11ClN2.C10H8ClNOS/c1-3-9-7(2)13-6-8(11)4-5-10(13)12-9;11-8-1-2-10-7(3-8)4-9(14-10)5-12-6-13/h4-6H,3H2,1-2H3;1-4,6H,5H2,(H,12,13). The molecular formula is C20H19Cl2N3OS. The van der Waals surface area contributed by atoms with Crippen molar-refractivity contribution in [2.24, 2.45) is 0 Å². The average Bonchev–Trinajstić information content (AvgIpc) is 3.20. The largest absolute Gasteiger partial charge is 0.354 e. The lowest BCUT2D eigenvalue weighted by molar-refractivity contribution is -0.109. The number of nitrogens with one attached hydrogen (secondary N) is 1. The summed E-state index contributed by atoms with van der Waals surface area (Å²) >= 11 is 13.4. The van der Waals surface area contributed by atoms with E-state index in [1.54, 1.807) is 11.3 Å². The second kappa shape index (κ2) is 8.74. The van der Waals surface area contributed by atoms with Gasteiger partial charge >= 0.3 is 0 Å². The Balaban J connectivity index is 0.000000156. The van der Waals surface area contributed by atoms with Crippen LogP contribution in [0.4, 0.5) is 0 Å². The van der Waals surface area contributed by atoms with E-state index < -0.39 is 0 Å². The van der Waals surface area contributed by atoms with Gasteiger partial charge in [-0.2, -0.15) is 0 Å². The number of halogens is 2. The van der Waals surface area contributed by atoms with Crippen LogP contribution in [0.15, 0.2) is 42.6 Å². The summed E-state index contributed by atoms with van der Waals surface area (Å²) in [6.45, 7) is 4.76. The van der Waals surface area contributed by atoms with E-state index in [0.717, 1.165) is 38.1 Å². The van der Waals surface area contributed by atoms with Gasteiger partial charge in [0.15, 0.2) is 0 Å². The van der Waals surface area contributed by atoms with Gasteiger partial charge in [0.25, 0.3) is 0 Å². The lowest BCUT2D eigenvalue weighted by atomic mass is 10.2. The van der Waals surface area contributed by atoms with Crippen LogP contribution in [0.1, 0.15) is 23.2 Å². The first-order chi connectivity index (χ1) is 13.0. The molecule has 1 N–H and O–H groups in total. The number of hydrogen-bond donors (Lipinski definition) is 1. The highest BCUT2D eigenvalue weighted by Gasteiger charge is 2.05. The third kappa shape index (κ3) is 4.61. The van der Waals surface area contributed by atoms with Crippen molar-refractivity contribution in [2.45, 2.75) is 26.8 Å². The number of hydrogen-bond acceptors (Lipinski definition) is 3. The second-order valence-electron chi connectivity index (χ2n) is 5.97. The number of thiophene rings is 1. The molecular weight excluding hydrogens is 401 g/mol. The monoisotopic (exact) mass is 419 g/mol. The molecule has 0 aliphatic rings. The predicted octanol–water partition coefficient (Wildman–Crippen LogP) is 5.66. The Bertz CT molecular complexity index is 1090. The Kier molecular flexibility index (Phi) is 6.37. The fraction of sp³-hybridized carbons (Fsp3) is 0.200. The number of aryl methyl sites for hydroxylation is 2. The number of rotatable bonds is 4. The number of aromatic nitrogens is 2. The van der Waals surface area contributed by atoms with E-state index in [2.05, 4.69) is 24.1 Å². The number of carbonyl (C=O) groups excluding carboxylic acids is 1. The van der Waals surface area contributed by atoms with Crippen molar-refractivity contribution in [2.75, 3.05) is 0 Å². The molecule has 0 unspecified atom stereocenters. The maximum Gasteiger partial charge on any atom is 0.207 e. The van der Waals surface area contributed by atoms with Gasteiger partial charge in [-0.15, -0.1) is 11.3 Å². The molecule has 0 atom stereocenters. The zero-order valence-corrected chi connectivity index (χ0v) is 17.3. The molecule has 4 nitrogen and oxygen atoms in total. The number of carbonyl (C=O) groups is 1. The summed E-state index contributed by atoms with van der Waals surface area (Å²) in [4.78, 5) is 15.7. The van der Waals surface area contributed by atoms with E-state index in [9.17, 15) is 4.79 Å². The molecule has 0 saturated carbocycles. The van der Waals surface area contributed by atoms with Gasteiger partial charge in [-0.3, -0.25) is 4.79 Å². The summed E-state index contributed by atoms with van der Waals surface area (Å²) in [5.41, 5.74) is 3.29. The smallest absolute Gasteiger partial charge is 0.207 e. The minimum absolute atomic E-state index is 0.584. The van der Waals surface area contributed by atoms with E-state index in [1.165, 1.54) is 10.4 Å². The Hall–Kier alpha value is -2.08. The third-order valence-corrected chi connectivity index (χ3v) is 5.72. The van der Waals surface area contributed by atoms with Crippen LogP contribution in [0.25, 0.3) is 15.7 Å². The molecule has 7 heteroatoms. The first-order valence-electron chi connectivity index (χ1n) is 8.50. The molecule has 0 fully saturated rings. The van der Waals surface area contributed by atoms with E-state index in [1.807, 2.05) is 47.0 Å². The lowest BCUT2D eigenvalue weighted by Gasteiger charge is -1.96. The third-order valence-electron chi connectivity index (χ3n) is 4.14. The van der Waals surface area contributed by atoms with E-state index in [-0.39, 0.29) is 0 Å². The fourth-order valence-electron chi connectivity index (χ4n) is 2.82. The van der Waals surface area contributed by atoms with Crippen LogP contribution >= 0.6 is 34.5 Å². The summed E-state index contributed by atoms with van der Waals surface area (Å²) in [5.74, 6) is 0. The molecule has 0 radical (unpaired) electrons. The number of nitrogens with zero attached hydrogens (tertiary/aromatic N) is 2. The fourth-order valence-corrected chi connectivity index (χ4v) is 4.16. The molecule has 0 aliphatic carbocycles. The quantitative estimate of drug-likeness (QED) is 0.433. The molecule has 140 valence electrons. The summed E-state index contributed by atoms with van der Waals surface area (Å²) < 4.78 is 3.22. The molecule has 0 saturated heterocycles. The van der Waals surface area contributed by atoms with Crippen molar-refractivity contribution in [3.63, 3.8) is 0 Å². The highest BCUT2D eigenvalue weighted by Crippen LogP contribution is 2.27. The Morgan fingerprint density at radius 3 is 2.70 bits per heavy atom. The van der Waals surface area contributed by atoms with Gasteiger partial charge in [0.1, 0.15) is 5.65 Å². The minimum Gasteiger partial charge on any atom is -0.354 e. The van der Waals surface area contributed by atoms with Gasteiger partial charge in [-0.1, -0.05) is 30.1 Å². The van der Waals surface area contributed by atoms with Gasteiger partial charge < -0.3 is 9.72 Å². The van der Waals surface area contributed by atoms with Crippen LogP contribution in [0.3, 0.4) is 0 Å². The summed E-state index contributed by atoms with van der Waals surface area (Å²) in [6, 6.07) is 11.6. The number of imidazole rings is 1. The van der Waals surface area contributed by atoms with Crippen LogP contribution in [0.2, 0.25) is 10.0 Å². The summed E-state index contributed by atoms with van der Waals surface area (Å²) in [6.07, 6.45) is 3.57. The maximum absolute atomic E-state index is 10.1. The first-order valence-corrected chi connectivity index (χ1v) is 10.1. The van der Waals surface area contributed by atoms with Crippen molar-refractivity contribution in [1.82, 2.24) is 14.7 Å². The van der Waals surface area contributed by atoms with E-state index in [4.69, 9.17) is 23.2 Å². The van der Waals surface area contributed by atoms with Crippen LogP contribution in [-0.2, 0) is 17.8 Å². The first kappa shape index (κ1) is 19.7. The molecule has 3 heterocycles. The van der Waals surface area contributed by atoms with Crippen LogP contribution < -0.4 is 5.32 Å². The number of benzene rings is 1. The summed E-state index contributed by atoms with van der Waals surface area (Å²) in [7, 11) is 0. The lowest BCUT2D eigenvalue weighted by Crippen LogP contribution is -2.07. The molecule has 4 aromatic rings. The Morgan fingerprint density at radius 1 is 1.19 bits per heavy atom. The van der Waals surface area contributed by atoms with Gasteiger partial charge in [0.05, 0.1) is 17.3 Å². The Labute approximate surface area is 171 Å². The number of pyridine rings is 1. The molecule has 4 rings (SSSR count). The molecule has 27 heavy (non-hydrogen) atoms. The number of fused-ring (bicyclic) bond motifs is 2. The van der Waals surface area contributed by atoms with Crippen molar-refractivity contribution in [1.29, 1.82) is 0 Å². The van der Waals surface area contributed by atoms with E-state index in [0.29, 0.717) is 13.0 Å². The van der Waals surface area contributed by atoms with Crippen LogP contribution in [0, 0.1) is 6.92 Å². The molecule has 1 aromatic carbocycles. The van der Waals surface area contributed by atoms with Crippen molar-refractivity contribution >= 4 is 56.7 Å². The highest BCUT2D eigenvalue weighted by atomic mass is 35.5. The van der Waals surface area contributed by atoms with Crippen molar-refractivity contribution in [3.05, 3.63) is 68.9 Å². The van der Waals surface area contributed by atoms with Gasteiger partial charge in [-0.25, -0.2) is 4.98 Å². The van der Waals surface area contributed by atoms with E-state index >= 15 is 0 Å². The minimum atomic E-state index is 0.584. The maximum atomic E-state index is 10.1. The Morgan fingerprint density at radius 2 is 1.96 bits per heavy atom. The SMILES string of the molecule is CCc1nc2ccc(Cl)cn2c1C.O=CNCc1cc2cc(Cl)ccc2s1. The zero-order valence-electron chi connectivity index (χ0n) is 15.0. The van der Waals surface area contributed by atoms with Gasteiger partial charge in [0.2, 0.25) is 6.41 Å². The molecule has 0 spiro atoms. The zero-order chi connectivity index (χ0) is 19.4. The summed E-state index contributed by atoms with van der Waals surface area (Å²) in [5, 5.41) is 5.25. The van der Waals surface area contributed by atoms with Crippen molar-refractivity contribution in [3.8, 4) is 0 Å². The topological polar surface area (TPSA) is 46.4 Å². The number of amides is 1.